The van der Waals surface area contributed by atoms with E-state index in [2.05, 4.69) is 4.98 Å². The number of carbonyl (C=O) groups is 3. The van der Waals surface area contributed by atoms with Crippen molar-refractivity contribution in [2.75, 3.05) is 32.9 Å². The minimum Gasteiger partial charge on any atom is -0.360 e. The van der Waals surface area contributed by atoms with Gasteiger partial charge in [-0.1, -0.05) is 23.7 Å². The number of nitrogens with one attached hydrogen (secondary N) is 1. The Morgan fingerprint density at radius 1 is 1.11 bits per heavy atom. The van der Waals surface area contributed by atoms with Crippen molar-refractivity contribution in [1.82, 2.24) is 14.8 Å². The van der Waals surface area contributed by atoms with Crippen LogP contribution in [-0.2, 0) is 31.6 Å². The van der Waals surface area contributed by atoms with Crippen LogP contribution in [0, 0.1) is 11.7 Å². The van der Waals surface area contributed by atoms with Gasteiger partial charge in [-0.25, -0.2) is 12.8 Å². The molecule has 2 amide bonds. The van der Waals surface area contributed by atoms with Crippen LogP contribution in [0.15, 0.2) is 42.6 Å². The monoisotopic (exact) mass is 561 g/mol. The summed E-state index contributed by atoms with van der Waals surface area (Å²) in [7, 11) is -0.933. The molecule has 0 spiro atoms. The van der Waals surface area contributed by atoms with Crippen LogP contribution in [-0.4, -0.2) is 73.7 Å². The third-order valence-corrected chi connectivity index (χ3v) is 8.61. The highest BCUT2D eigenvalue weighted by Crippen LogP contribution is 2.29. The van der Waals surface area contributed by atoms with Gasteiger partial charge in [-0.2, -0.15) is 0 Å². The van der Waals surface area contributed by atoms with Crippen LogP contribution < -0.4 is 0 Å². The maximum Gasteiger partial charge on any atom is 0.294 e. The van der Waals surface area contributed by atoms with Crippen LogP contribution >= 0.6 is 11.6 Å². The van der Waals surface area contributed by atoms with Gasteiger partial charge in [0.1, 0.15) is 11.6 Å². The molecule has 8 nitrogen and oxygen atoms in total. The highest BCUT2D eigenvalue weighted by atomic mass is 35.5. The number of piperidine rings is 1. The lowest BCUT2D eigenvalue weighted by atomic mass is 9.90. The number of likely N-dealkylation sites (N-methyl/N-ethyl adjacent to an activating group) is 1. The van der Waals surface area contributed by atoms with Crippen molar-refractivity contribution in [3.63, 3.8) is 0 Å². The summed E-state index contributed by atoms with van der Waals surface area (Å²) in [6, 6.07) is 9.37. The summed E-state index contributed by atoms with van der Waals surface area (Å²) < 4.78 is 39.0. The lowest BCUT2D eigenvalue weighted by molar-refractivity contribution is -0.129. The first-order valence-corrected chi connectivity index (χ1v) is 14.4. The van der Waals surface area contributed by atoms with Crippen LogP contribution in [0.4, 0.5) is 4.39 Å². The fourth-order valence-electron chi connectivity index (χ4n) is 4.71. The Balaban J connectivity index is 1.40. The summed E-state index contributed by atoms with van der Waals surface area (Å²) in [4.78, 5) is 43.2. The molecule has 1 aliphatic heterocycles. The molecule has 0 radical (unpaired) electrons. The van der Waals surface area contributed by atoms with E-state index in [9.17, 15) is 27.2 Å². The minimum atomic E-state index is -3.87. The van der Waals surface area contributed by atoms with E-state index in [-0.39, 0.29) is 22.0 Å². The van der Waals surface area contributed by atoms with Crippen molar-refractivity contribution in [3.05, 3.63) is 70.1 Å². The largest absolute Gasteiger partial charge is 0.360 e. The van der Waals surface area contributed by atoms with Gasteiger partial charge in [0, 0.05) is 49.3 Å². The molecule has 0 bridgehead atoms. The second kappa shape index (κ2) is 11.2. The Labute approximate surface area is 225 Å². The smallest absolute Gasteiger partial charge is 0.294 e. The van der Waals surface area contributed by atoms with E-state index in [0.717, 1.165) is 24.8 Å². The number of hydrogen-bond acceptors (Lipinski definition) is 5. The quantitative estimate of drug-likeness (QED) is 0.334. The Bertz CT molecular complexity index is 1480. The first-order valence-electron chi connectivity index (χ1n) is 12.2. The summed E-state index contributed by atoms with van der Waals surface area (Å²) in [5.41, 5.74) is 1.89. The minimum absolute atomic E-state index is 0.119. The standard InChI is InChI=1S/C27H29ClFN3O5S/c1-31(2)27(35)26(34)22-14-30-24-13-23(28)19(12-21(22)24)15-38(36,37)16-25(33)32-9-7-18(8-10-32)11-17-3-5-20(29)6-4-17/h3-6,12-14,18,30H,7-11,15-16H2,1-2H3. The summed E-state index contributed by atoms with van der Waals surface area (Å²) in [5.74, 6) is -2.96. The molecule has 1 fully saturated rings. The zero-order valence-corrected chi connectivity index (χ0v) is 22.7. The number of halogens is 2. The highest BCUT2D eigenvalue weighted by Gasteiger charge is 2.28. The molecule has 0 unspecified atom stereocenters. The zero-order valence-electron chi connectivity index (χ0n) is 21.2. The normalized spacial score (nSPS) is 14.6. The summed E-state index contributed by atoms with van der Waals surface area (Å²) in [6.07, 6.45) is 3.65. The molecule has 202 valence electrons. The number of H-pyrrole nitrogens is 1. The third kappa shape index (κ3) is 6.42. The van der Waals surface area contributed by atoms with E-state index in [1.54, 1.807) is 17.0 Å². The average Bonchev–Trinajstić information content (AvgIpc) is 3.27. The number of hydrogen-bond donors (Lipinski definition) is 1. The van der Waals surface area contributed by atoms with Crippen molar-refractivity contribution in [2.45, 2.75) is 25.0 Å². The molecule has 3 aromatic rings. The Hall–Kier alpha value is -3.24. The van der Waals surface area contributed by atoms with Crippen molar-refractivity contribution < 1.29 is 27.2 Å². The molecule has 11 heteroatoms. The highest BCUT2D eigenvalue weighted by molar-refractivity contribution is 7.91. The van der Waals surface area contributed by atoms with Gasteiger partial charge in [0.25, 0.3) is 11.7 Å². The molecular weight excluding hydrogens is 533 g/mol. The van der Waals surface area contributed by atoms with E-state index < -0.39 is 38.9 Å². The number of benzene rings is 2. The topological polar surface area (TPSA) is 108 Å². The molecule has 0 atom stereocenters. The Morgan fingerprint density at radius 2 is 1.76 bits per heavy atom. The number of amides is 2. The number of ketones is 1. The number of rotatable bonds is 8. The van der Waals surface area contributed by atoms with Crippen LogP contribution in [0.5, 0.6) is 0 Å². The van der Waals surface area contributed by atoms with Crippen molar-refractivity contribution in [3.8, 4) is 0 Å². The maximum absolute atomic E-state index is 13.1. The van der Waals surface area contributed by atoms with Crippen molar-refractivity contribution in [1.29, 1.82) is 0 Å². The number of sulfone groups is 1. The summed E-state index contributed by atoms with van der Waals surface area (Å²) in [6.45, 7) is 0.920. The van der Waals surface area contributed by atoms with Crippen LogP contribution in [0.25, 0.3) is 10.9 Å². The van der Waals surface area contributed by atoms with Crippen LogP contribution in [0.3, 0.4) is 0 Å². The van der Waals surface area contributed by atoms with Gasteiger partial charge in [0.15, 0.2) is 9.84 Å². The van der Waals surface area contributed by atoms with E-state index in [0.29, 0.717) is 29.9 Å². The van der Waals surface area contributed by atoms with Gasteiger partial charge in [-0.05, 0) is 60.6 Å². The molecule has 1 saturated heterocycles. The van der Waals surface area contributed by atoms with Gasteiger partial charge < -0.3 is 14.8 Å². The molecular formula is C27H29ClFN3O5S. The predicted octanol–water partition coefficient (Wildman–Crippen LogP) is 3.63. The second-order valence-electron chi connectivity index (χ2n) is 9.91. The van der Waals surface area contributed by atoms with E-state index in [1.165, 1.54) is 49.5 Å². The number of likely N-dealkylation sites (tertiary alicyclic amines) is 1. The molecule has 2 aromatic carbocycles. The van der Waals surface area contributed by atoms with Crippen LogP contribution in [0.1, 0.15) is 34.3 Å². The van der Waals surface area contributed by atoms with Crippen LogP contribution in [0.2, 0.25) is 5.02 Å². The van der Waals surface area contributed by atoms with Gasteiger partial charge in [0.2, 0.25) is 5.91 Å². The van der Waals surface area contributed by atoms with Gasteiger partial charge in [0.05, 0.1) is 11.3 Å². The average molecular weight is 562 g/mol. The van der Waals surface area contributed by atoms with Crippen molar-refractivity contribution in [2.24, 2.45) is 5.92 Å². The fourth-order valence-corrected chi connectivity index (χ4v) is 6.40. The number of Topliss-reactive ketones (excluding diaryl/α,β-unsaturated/α-hetero) is 1. The first-order chi connectivity index (χ1) is 17.9. The van der Waals surface area contributed by atoms with Gasteiger partial charge in [-0.15, -0.1) is 0 Å². The number of aromatic nitrogens is 1. The third-order valence-electron chi connectivity index (χ3n) is 6.82. The molecule has 2 heterocycles. The lowest BCUT2D eigenvalue weighted by Crippen LogP contribution is -2.41. The Morgan fingerprint density at radius 3 is 2.39 bits per heavy atom. The lowest BCUT2D eigenvalue weighted by Gasteiger charge is -2.32. The summed E-state index contributed by atoms with van der Waals surface area (Å²) in [5, 5.41) is 0.560. The molecule has 1 N–H and O–H groups in total. The SMILES string of the molecule is CN(C)C(=O)C(=O)c1c[nH]c2cc(Cl)c(CS(=O)(=O)CC(=O)N3CCC(Cc4ccc(F)cc4)CC3)cc12. The van der Waals surface area contributed by atoms with E-state index in [1.807, 2.05) is 0 Å². The zero-order chi connectivity index (χ0) is 27.6. The number of carbonyl (C=O) groups excluding carboxylic acids is 3. The fraction of sp³-hybridized carbons (Fsp3) is 0.370. The number of nitrogens with zero attached hydrogens (tertiary/aromatic N) is 2. The molecule has 38 heavy (non-hydrogen) atoms. The molecule has 0 saturated carbocycles. The first kappa shape index (κ1) is 27.8. The Kier molecular flexibility index (Phi) is 8.22. The number of fused-ring (bicyclic) bond motifs is 1. The van der Waals surface area contributed by atoms with E-state index in [4.69, 9.17) is 11.6 Å². The number of aromatic amines is 1. The summed E-state index contributed by atoms with van der Waals surface area (Å²) >= 11 is 6.33. The second-order valence-corrected chi connectivity index (χ2v) is 12.4. The molecule has 1 aromatic heterocycles. The van der Waals surface area contributed by atoms with Gasteiger partial charge >= 0.3 is 0 Å². The van der Waals surface area contributed by atoms with Gasteiger partial charge in [-0.3, -0.25) is 14.4 Å². The van der Waals surface area contributed by atoms with E-state index >= 15 is 0 Å². The van der Waals surface area contributed by atoms with Crippen molar-refractivity contribution >= 4 is 49.9 Å². The molecule has 1 aliphatic rings. The molecule has 4 rings (SSSR count). The predicted molar refractivity (Wildman–Crippen MR) is 143 cm³/mol. The maximum atomic E-state index is 13.1. The molecule has 0 aliphatic carbocycles.